The van der Waals surface area contributed by atoms with E-state index in [1.165, 1.54) is 6.04 Å². The Morgan fingerprint density at radius 3 is 2.27 bits per heavy atom. The SMILES string of the molecule is CCOC(CC)O[SiH](C)CC. The number of hydrogen-bond donors (Lipinski definition) is 0. The molecule has 2 unspecified atom stereocenters. The van der Waals surface area contributed by atoms with Gasteiger partial charge in [-0.1, -0.05) is 13.8 Å². The first-order valence-corrected chi connectivity index (χ1v) is 6.95. The monoisotopic (exact) mass is 176 g/mol. The van der Waals surface area contributed by atoms with Crippen molar-refractivity contribution in [1.29, 1.82) is 0 Å². The Kier molecular flexibility index (Phi) is 6.91. The maximum absolute atomic E-state index is 5.71. The lowest BCUT2D eigenvalue weighted by atomic mass is 10.5. The summed E-state index contributed by atoms with van der Waals surface area (Å²) in [5, 5.41) is 0. The topological polar surface area (TPSA) is 18.5 Å². The van der Waals surface area contributed by atoms with Crippen LogP contribution in [0, 0.1) is 0 Å². The van der Waals surface area contributed by atoms with Crippen molar-refractivity contribution >= 4 is 9.04 Å². The Morgan fingerprint density at radius 2 is 1.91 bits per heavy atom. The van der Waals surface area contributed by atoms with E-state index in [-0.39, 0.29) is 6.29 Å². The van der Waals surface area contributed by atoms with Crippen LogP contribution in [-0.4, -0.2) is 21.9 Å². The van der Waals surface area contributed by atoms with Crippen molar-refractivity contribution in [3.05, 3.63) is 0 Å². The largest absolute Gasteiger partial charge is 0.396 e. The lowest BCUT2D eigenvalue weighted by Crippen LogP contribution is -2.24. The molecule has 0 fully saturated rings. The first-order valence-electron chi connectivity index (χ1n) is 4.51. The lowest BCUT2D eigenvalue weighted by molar-refractivity contribution is -0.0791. The molecule has 0 saturated carbocycles. The summed E-state index contributed by atoms with van der Waals surface area (Å²) in [6.07, 6.45) is 1.02. The molecule has 11 heavy (non-hydrogen) atoms. The normalized spacial score (nSPS) is 16.4. The third kappa shape index (κ3) is 5.41. The van der Waals surface area contributed by atoms with Crippen molar-refractivity contribution < 1.29 is 9.16 Å². The summed E-state index contributed by atoms with van der Waals surface area (Å²) in [5.74, 6) is 0. The predicted octanol–water partition coefficient (Wildman–Crippen LogP) is 2.15. The number of rotatable bonds is 6. The third-order valence-corrected chi connectivity index (χ3v) is 3.56. The average molecular weight is 176 g/mol. The summed E-state index contributed by atoms with van der Waals surface area (Å²) in [4.78, 5) is 0. The van der Waals surface area contributed by atoms with Crippen LogP contribution in [0.5, 0.6) is 0 Å². The minimum atomic E-state index is -0.913. The molecule has 0 N–H and O–H groups in total. The highest BCUT2D eigenvalue weighted by atomic mass is 28.3. The van der Waals surface area contributed by atoms with Gasteiger partial charge in [-0.2, -0.15) is 0 Å². The van der Waals surface area contributed by atoms with Gasteiger partial charge < -0.3 is 9.16 Å². The molecule has 0 bridgehead atoms. The van der Waals surface area contributed by atoms with Gasteiger partial charge in [0.2, 0.25) is 0 Å². The van der Waals surface area contributed by atoms with Crippen molar-refractivity contribution in [2.24, 2.45) is 0 Å². The van der Waals surface area contributed by atoms with Crippen LogP contribution in [0.2, 0.25) is 12.6 Å². The lowest BCUT2D eigenvalue weighted by Gasteiger charge is -2.19. The van der Waals surface area contributed by atoms with Crippen LogP contribution in [0.4, 0.5) is 0 Å². The molecule has 0 amide bonds. The summed E-state index contributed by atoms with van der Waals surface area (Å²) in [6.45, 7) is 9.24. The molecule has 0 saturated heterocycles. The summed E-state index contributed by atoms with van der Waals surface area (Å²) in [7, 11) is -0.913. The van der Waals surface area contributed by atoms with E-state index in [0.717, 1.165) is 13.0 Å². The standard InChI is InChI=1S/C8H20O2Si/c1-5-8(9-6-2)10-11(4)7-3/h8,11H,5-7H2,1-4H3. The second-order valence-electron chi connectivity index (χ2n) is 2.65. The van der Waals surface area contributed by atoms with Gasteiger partial charge >= 0.3 is 0 Å². The zero-order valence-corrected chi connectivity index (χ0v) is 9.25. The van der Waals surface area contributed by atoms with Gasteiger partial charge in [0.05, 0.1) is 0 Å². The van der Waals surface area contributed by atoms with E-state index in [2.05, 4.69) is 20.4 Å². The molecular weight excluding hydrogens is 156 g/mol. The highest BCUT2D eigenvalue weighted by Crippen LogP contribution is 2.04. The molecule has 0 heterocycles. The predicted molar refractivity (Wildman–Crippen MR) is 50.3 cm³/mol. The fourth-order valence-electron chi connectivity index (χ4n) is 0.795. The molecule has 0 aromatic heterocycles. The smallest absolute Gasteiger partial charge is 0.177 e. The van der Waals surface area contributed by atoms with E-state index in [9.17, 15) is 0 Å². The molecule has 0 rings (SSSR count). The van der Waals surface area contributed by atoms with Gasteiger partial charge in [-0.15, -0.1) is 0 Å². The van der Waals surface area contributed by atoms with Crippen molar-refractivity contribution in [3.63, 3.8) is 0 Å². The highest BCUT2D eigenvalue weighted by molar-refractivity contribution is 6.50. The minimum absolute atomic E-state index is 0.0571. The summed E-state index contributed by atoms with van der Waals surface area (Å²) >= 11 is 0. The Hall–Kier alpha value is 0.137. The van der Waals surface area contributed by atoms with Gasteiger partial charge in [-0.25, -0.2) is 0 Å². The molecule has 68 valence electrons. The molecule has 0 aliphatic heterocycles. The molecule has 2 nitrogen and oxygen atoms in total. The second kappa shape index (κ2) is 6.82. The van der Waals surface area contributed by atoms with Gasteiger partial charge in [0.25, 0.3) is 0 Å². The summed E-state index contributed by atoms with van der Waals surface area (Å²) in [5.41, 5.74) is 0. The Labute approximate surface area is 71.6 Å². The second-order valence-corrected chi connectivity index (χ2v) is 5.36. The Balaban J connectivity index is 3.49. The molecule has 0 aliphatic rings. The van der Waals surface area contributed by atoms with E-state index >= 15 is 0 Å². The maximum Gasteiger partial charge on any atom is 0.177 e. The zero-order valence-electron chi connectivity index (χ0n) is 8.09. The average Bonchev–Trinajstić information content (AvgIpc) is 2.03. The minimum Gasteiger partial charge on any atom is -0.396 e. The maximum atomic E-state index is 5.71. The Morgan fingerprint density at radius 1 is 1.27 bits per heavy atom. The van der Waals surface area contributed by atoms with Crippen LogP contribution in [-0.2, 0) is 9.16 Å². The number of hydrogen-bond acceptors (Lipinski definition) is 2. The van der Waals surface area contributed by atoms with E-state index < -0.39 is 9.04 Å². The highest BCUT2D eigenvalue weighted by Gasteiger charge is 2.09. The molecule has 0 aromatic carbocycles. The molecular formula is C8H20O2Si. The molecule has 0 spiro atoms. The van der Waals surface area contributed by atoms with Crippen molar-refractivity contribution in [2.45, 2.75) is 46.1 Å². The Bertz CT molecular complexity index is 88.2. The zero-order chi connectivity index (χ0) is 8.69. The third-order valence-electron chi connectivity index (χ3n) is 1.64. The first kappa shape index (κ1) is 11.1. The molecule has 3 heteroatoms. The number of ether oxygens (including phenoxy) is 1. The van der Waals surface area contributed by atoms with Crippen LogP contribution in [0.15, 0.2) is 0 Å². The van der Waals surface area contributed by atoms with Gasteiger partial charge in [0.15, 0.2) is 9.04 Å². The van der Waals surface area contributed by atoms with E-state index in [0.29, 0.717) is 0 Å². The van der Waals surface area contributed by atoms with Crippen molar-refractivity contribution in [3.8, 4) is 0 Å². The van der Waals surface area contributed by atoms with Gasteiger partial charge in [-0.3, -0.25) is 0 Å². The summed E-state index contributed by atoms with van der Waals surface area (Å²) < 4.78 is 11.1. The van der Waals surface area contributed by atoms with Gasteiger partial charge in [-0.05, 0) is 25.9 Å². The molecule has 0 aliphatic carbocycles. The fraction of sp³-hybridized carbons (Fsp3) is 1.00. The van der Waals surface area contributed by atoms with Crippen LogP contribution >= 0.6 is 0 Å². The first-order chi connectivity index (χ1) is 5.24. The molecule has 0 aromatic rings. The van der Waals surface area contributed by atoms with Crippen molar-refractivity contribution in [2.75, 3.05) is 6.61 Å². The van der Waals surface area contributed by atoms with Crippen LogP contribution in [0.1, 0.15) is 27.2 Å². The quantitative estimate of drug-likeness (QED) is 0.456. The fourth-order valence-corrected chi connectivity index (χ4v) is 1.78. The summed E-state index contributed by atoms with van der Waals surface area (Å²) in [6, 6.07) is 1.18. The van der Waals surface area contributed by atoms with Crippen LogP contribution in [0.25, 0.3) is 0 Å². The van der Waals surface area contributed by atoms with Crippen molar-refractivity contribution in [1.82, 2.24) is 0 Å². The van der Waals surface area contributed by atoms with Crippen LogP contribution in [0.3, 0.4) is 0 Å². The van der Waals surface area contributed by atoms with E-state index in [1.54, 1.807) is 0 Å². The van der Waals surface area contributed by atoms with Crippen LogP contribution < -0.4 is 0 Å². The van der Waals surface area contributed by atoms with Gasteiger partial charge in [0.1, 0.15) is 6.29 Å². The van der Waals surface area contributed by atoms with E-state index in [4.69, 9.17) is 9.16 Å². The van der Waals surface area contributed by atoms with E-state index in [1.807, 2.05) is 6.92 Å². The molecule has 0 radical (unpaired) electrons. The molecule has 2 atom stereocenters. The van der Waals surface area contributed by atoms with Gasteiger partial charge in [0, 0.05) is 6.61 Å².